The number of hydrogen-bond acceptors (Lipinski definition) is 3. The van der Waals surface area contributed by atoms with E-state index in [2.05, 4.69) is 15.7 Å². The van der Waals surface area contributed by atoms with Crippen molar-refractivity contribution in [3.8, 4) is 0 Å². The first-order chi connectivity index (χ1) is 11.9. The van der Waals surface area contributed by atoms with Crippen molar-refractivity contribution >= 4 is 5.91 Å². The Hall–Kier alpha value is -2.28. The molecule has 0 saturated carbocycles. The largest absolute Gasteiger partial charge is 0.342 e. The molecular weight excluding hydrogens is 326 g/mol. The molecule has 0 radical (unpaired) electrons. The molecule has 1 aliphatic heterocycles. The number of rotatable bonds is 4. The Bertz CT molecular complexity index is 766. The quantitative estimate of drug-likeness (QED) is 0.893. The molecule has 2 aromatic rings. The summed E-state index contributed by atoms with van der Waals surface area (Å²) >= 11 is 0. The summed E-state index contributed by atoms with van der Waals surface area (Å²) in [4.78, 5) is 12.5. The van der Waals surface area contributed by atoms with E-state index in [0.29, 0.717) is 11.3 Å². The second kappa shape index (κ2) is 6.92. The van der Waals surface area contributed by atoms with Crippen molar-refractivity contribution in [2.75, 3.05) is 13.1 Å². The summed E-state index contributed by atoms with van der Waals surface area (Å²) in [5.74, 6) is -2.20. The first-order valence-corrected chi connectivity index (χ1v) is 8.41. The highest BCUT2D eigenvalue weighted by Crippen LogP contribution is 2.23. The van der Waals surface area contributed by atoms with Gasteiger partial charge in [-0.3, -0.25) is 9.48 Å². The van der Waals surface area contributed by atoms with Crippen molar-refractivity contribution in [3.63, 3.8) is 0 Å². The standard InChI is InChI=1S/C18H22F2N4O/c1-18(2,12-5-6-14(19)15(20)10-12)22-17(25)16-7-9-24(23-16)13-4-3-8-21-11-13/h5-7,9-10,13,21H,3-4,8,11H2,1-2H3,(H,22,25). The summed E-state index contributed by atoms with van der Waals surface area (Å²) in [5, 5.41) is 10.5. The van der Waals surface area contributed by atoms with E-state index in [-0.39, 0.29) is 11.9 Å². The number of piperidine rings is 1. The van der Waals surface area contributed by atoms with E-state index in [1.807, 2.05) is 4.68 Å². The number of halogens is 2. The summed E-state index contributed by atoms with van der Waals surface area (Å²) in [6, 6.07) is 5.54. The van der Waals surface area contributed by atoms with Gasteiger partial charge in [-0.2, -0.15) is 5.10 Å². The summed E-state index contributed by atoms with van der Waals surface area (Å²) in [6.07, 6.45) is 3.91. The lowest BCUT2D eigenvalue weighted by Gasteiger charge is -2.26. The molecule has 1 fully saturated rings. The molecule has 0 aliphatic carbocycles. The van der Waals surface area contributed by atoms with E-state index in [1.54, 1.807) is 26.1 Å². The van der Waals surface area contributed by atoms with Gasteiger partial charge in [0.15, 0.2) is 11.6 Å². The molecule has 1 aromatic heterocycles. The van der Waals surface area contributed by atoms with Crippen LogP contribution in [0, 0.1) is 11.6 Å². The molecule has 3 rings (SSSR count). The smallest absolute Gasteiger partial charge is 0.272 e. The average Bonchev–Trinajstić information content (AvgIpc) is 3.08. The number of hydrogen-bond donors (Lipinski definition) is 2. The van der Waals surface area contributed by atoms with Gasteiger partial charge in [0.1, 0.15) is 5.69 Å². The SMILES string of the molecule is CC(C)(NC(=O)c1ccn(C2CCCNC2)n1)c1ccc(F)c(F)c1. The monoisotopic (exact) mass is 348 g/mol. The summed E-state index contributed by atoms with van der Waals surface area (Å²) in [6.45, 7) is 5.32. The van der Waals surface area contributed by atoms with E-state index in [1.165, 1.54) is 6.07 Å². The van der Waals surface area contributed by atoms with Crippen LogP contribution in [0.15, 0.2) is 30.5 Å². The first kappa shape index (κ1) is 17.5. The maximum absolute atomic E-state index is 13.5. The Morgan fingerprint density at radius 1 is 1.32 bits per heavy atom. The number of amides is 1. The minimum Gasteiger partial charge on any atom is -0.342 e. The van der Waals surface area contributed by atoms with Crippen LogP contribution in [0.1, 0.15) is 48.8 Å². The molecule has 134 valence electrons. The Kier molecular flexibility index (Phi) is 4.85. The summed E-state index contributed by atoms with van der Waals surface area (Å²) < 4.78 is 28.4. The molecule has 2 N–H and O–H groups in total. The van der Waals surface area contributed by atoms with Crippen LogP contribution in [0.5, 0.6) is 0 Å². The number of nitrogens with zero attached hydrogens (tertiary/aromatic N) is 2. The highest BCUT2D eigenvalue weighted by Gasteiger charge is 2.26. The average molecular weight is 348 g/mol. The van der Waals surface area contributed by atoms with Crippen LogP contribution in [0.25, 0.3) is 0 Å². The van der Waals surface area contributed by atoms with Crippen molar-refractivity contribution in [3.05, 3.63) is 53.4 Å². The van der Waals surface area contributed by atoms with E-state index in [4.69, 9.17) is 0 Å². The Balaban J connectivity index is 1.72. The van der Waals surface area contributed by atoms with Gasteiger partial charge in [0.25, 0.3) is 5.91 Å². The van der Waals surface area contributed by atoms with Crippen molar-refractivity contribution in [1.29, 1.82) is 0 Å². The van der Waals surface area contributed by atoms with Gasteiger partial charge in [0.05, 0.1) is 11.6 Å². The summed E-state index contributed by atoms with van der Waals surface area (Å²) in [7, 11) is 0. The van der Waals surface area contributed by atoms with Gasteiger partial charge in [-0.25, -0.2) is 8.78 Å². The number of benzene rings is 1. The van der Waals surface area contributed by atoms with Gasteiger partial charge in [-0.1, -0.05) is 6.07 Å². The Labute approximate surface area is 145 Å². The van der Waals surface area contributed by atoms with Gasteiger partial charge in [-0.15, -0.1) is 0 Å². The van der Waals surface area contributed by atoms with Crippen LogP contribution in [0.2, 0.25) is 0 Å². The van der Waals surface area contributed by atoms with Crippen molar-refractivity contribution < 1.29 is 13.6 Å². The molecule has 0 spiro atoms. The predicted molar refractivity (Wildman–Crippen MR) is 90.2 cm³/mol. The lowest BCUT2D eigenvalue weighted by Crippen LogP contribution is -2.41. The second-order valence-corrected chi connectivity index (χ2v) is 6.89. The van der Waals surface area contributed by atoms with Crippen LogP contribution < -0.4 is 10.6 Å². The topological polar surface area (TPSA) is 59.0 Å². The Morgan fingerprint density at radius 2 is 2.12 bits per heavy atom. The van der Waals surface area contributed by atoms with Gasteiger partial charge >= 0.3 is 0 Å². The maximum Gasteiger partial charge on any atom is 0.272 e. The highest BCUT2D eigenvalue weighted by molar-refractivity contribution is 5.92. The summed E-state index contributed by atoms with van der Waals surface area (Å²) in [5.41, 5.74) is -0.0705. The molecule has 0 bridgehead atoms. The molecule has 5 nitrogen and oxygen atoms in total. The van der Waals surface area contributed by atoms with E-state index < -0.39 is 17.2 Å². The van der Waals surface area contributed by atoms with Crippen molar-refractivity contribution in [1.82, 2.24) is 20.4 Å². The lowest BCUT2D eigenvalue weighted by atomic mass is 9.94. The zero-order valence-electron chi connectivity index (χ0n) is 14.4. The van der Waals surface area contributed by atoms with E-state index >= 15 is 0 Å². The third-order valence-electron chi connectivity index (χ3n) is 4.55. The Morgan fingerprint density at radius 3 is 2.80 bits per heavy atom. The minimum absolute atomic E-state index is 0.245. The predicted octanol–water partition coefficient (Wildman–Crippen LogP) is 2.75. The molecule has 7 heteroatoms. The number of aromatic nitrogens is 2. The maximum atomic E-state index is 13.5. The van der Waals surface area contributed by atoms with Gasteiger partial charge < -0.3 is 10.6 Å². The second-order valence-electron chi connectivity index (χ2n) is 6.89. The molecule has 1 aromatic carbocycles. The van der Waals surface area contributed by atoms with Crippen molar-refractivity contribution in [2.45, 2.75) is 38.3 Å². The normalized spacial score (nSPS) is 18.2. The highest BCUT2D eigenvalue weighted by atomic mass is 19.2. The molecule has 2 heterocycles. The van der Waals surface area contributed by atoms with Crippen LogP contribution in [0.4, 0.5) is 8.78 Å². The zero-order valence-corrected chi connectivity index (χ0v) is 14.4. The number of nitrogens with one attached hydrogen (secondary N) is 2. The number of carbonyl (C=O) groups is 1. The first-order valence-electron chi connectivity index (χ1n) is 8.41. The van der Waals surface area contributed by atoms with Crippen LogP contribution >= 0.6 is 0 Å². The molecule has 1 amide bonds. The fraction of sp³-hybridized carbons (Fsp3) is 0.444. The van der Waals surface area contributed by atoms with Crippen LogP contribution in [-0.2, 0) is 5.54 Å². The van der Waals surface area contributed by atoms with Gasteiger partial charge in [0.2, 0.25) is 0 Å². The van der Waals surface area contributed by atoms with E-state index in [9.17, 15) is 13.6 Å². The molecule has 1 aliphatic rings. The fourth-order valence-electron chi connectivity index (χ4n) is 3.03. The van der Waals surface area contributed by atoms with Gasteiger partial charge in [-0.05, 0) is 57.0 Å². The van der Waals surface area contributed by atoms with Crippen LogP contribution in [0.3, 0.4) is 0 Å². The molecule has 25 heavy (non-hydrogen) atoms. The third kappa shape index (κ3) is 3.87. The lowest BCUT2D eigenvalue weighted by molar-refractivity contribution is 0.0905. The number of carbonyl (C=O) groups excluding carboxylic acids is 1. The minimum atomic E-state index is -0.936. The zero-order chi connectivity index (χ0) is 18.0. The van der Waals surface area contributed by atoms with E-state index in [0.717, 1.165) is 38.1 Å². The fourth-order valence-corrected chi connectivity index (χ4v) is 3.03. The third-order valence-corrected chi connectivity index (χ3v) is 4.55. The van der Waals surface area contributed by atoms with Gasteiger partial charge in [0, 0.05) is 12.7 Å². The van der Waals surface area contributed by atoms with Crippen LogP contribution in [-0.4, -0.2) is 28.8 Å². The molecule has 1 saturated heterocycles. The molecule has 1 unspecified atom stereocenters. The van der Waals surface area contributed by atoms with Crippen molar-refractivity contribution in [2.24, 2.45) is 0 Å². The molecule has 1 atom stereocenters. The molecular formula is C18H22F2N4O.